The molecular weight excluding hydrogens is 279 g/mol. The van der Waals surface area contributed by atoms with E-state index in [0.717, 1.165) is 11.8 Å². The summed E-state index contributed by atoms with van der Waals surface area (Å²) in [6.07, 6.45) is 0.768. The Morgan fingerprint density at radius 2 is 2.20 bits per heavy atom. The zero-order valence-corrected chi connectivity index (χ0v) is 9.94. The molecule has 0 amide bonds. The highest BCUT2D eigenvalue weighted by Crippen LogP contribution is 2.30. The summed E-state index contributed by atoms with van der Waals surface area (Å²) in [7, 11) is 0. The molecule has 0 N–H and O–H groups in total. The van der Waals surface area contributed by atoms with E-state index in [1.807, 2.05) is 0 Å². The second-order valence-electron chi connectivity index (χ2n) is 2.96. The standard InChI is InChI=1S/C11H6BrFOS/c12-10-3-1-2-9(11(10)13)7-4-8(5-14)15-6-7/h1-6H. The van der Waals surface area contributed by atoms with Crippen LogP contribution in [0.25, 0.3) is 11.1 Å². The predicted octanol–water partition coefficient (Wildman–Crippen LogP) is 4.13. The van der Waals surface area contributed by atoms with E-state index in [-0.39, 0.29) is 5.82 Å². The van der Waals surface area contributed by atoms with Crippen molar-refractivity contribution >= 4 is 33.6 Å². The fourth-order valence-electron chi connectivity index (χ4n) is 1.28. The van der Waals surface area contributed by atoms with Gasteiger partial charge in [0.1, 0.15) is 5.82 Å². The zero-order chi connectivity index (χ0) is 10.8. The topological polar surface area (TPSA) is 17.1 Å². The molecular formula is C11H6BrFOS. The zero-order valence-electron chi connectivity index (χ0n) is 7.54. The molecule has 0 spiro atoms. The molecule has 1 heterocycles. The van der Waals surface area contributed by atoms with Crippen molar-refractivity contribution in [1.82, 2.24) is 0 Å². The Morgan fingerprint density at radius 3 is 2.87 bits per heavy atom. The highest BCUT2D eigenvalue weighted by atomic mass is 79.9. The number of hydrogen-bond donors (Lipinski definition) is 0. The molecule has 1 aromatic carbocycles. The molecule has 0 aliphatic heterocycles. The van der Waals surface area contributed by atoms with Crippen LogP contribution in [0.3, 0.4) is 0 Å². The van der Waals surface area contributed by atoms with Crippen LogP contribution in [0.4, 0.5) is 4.39 Å². The van der Waals surface area contributed by atoms with Gasteiger partial charge in [-0.25, -0.2) is 4.39 Å². The molecule has 0 saturated heterocycles. The van der Waals surface area contributed by atoms with Crippen LogP contribution in [0.1, 0.15) is 9.67 Å². The molecule has 0 bridgehead atoms. The molecule has 0 saturated carbocycles. The minimum atomic E-state index is -0.298. The third-order valence-electron chi connectivity index (χ3n) is 2.00. The quantitative estimate of drug-likeness (QED) is 0.758. The number of carbonyl (C=O) groups is 1. The average molecular weight is 285 g/mol. The van der Waals surface area contributed by atoms with Gasteiger partial charge in [0.25, 0.3) is 0 Å². The Labute approximate surface area is 98.7 Å². The van der Waals surface area contributed by atoms with E-state index in [9.17, 15) is 9.18 Å². The SMILES string of the molecule is O=Cc1cc(-c2cccc(Br)c2F)cs1. The first kappa shape index (κ1) is 10.5. The predicted molar refractivity (Wildman–Crippen MR) is 62.8 cm³/mol. The lowest BCUT2D eigenvalue weighted by Gasteiger charge is -2.01. The van der Waals surface area contributed by atoms with Gasteiger partial charge in [0, 0.05) is 5.56 Å². The van der Waals surface area contributed by atoms with Crippen molar-refractivity contribution in [2.45, 2.75) is 0 Å². The second-order valence-corrected chi connectivity index (χ2v) is 4.75. The maximum Gasteiger partial charge on any atom is 0.160 e. The van der Waals surface area contributed by atoms with E-state index >= 15 is 0 Å². The summed E-state index contributed by atoms with van der Waals surface area (Å²) in [5.74, 6) is -0.298. The lowest BCUT2D eigenvalue weighted by atomic mass is 10.1. The lowest BCUT2D eigenvalue weighted by Crippen LogP contribution is -1.83. The molecule has 0 unspecified atom stereocenters. The fraction of sp³-hybridized carbons (Fsp3) is 0. The molecule has 2 rings (SSSR count). The summed E-state index contributed by atoms with van der Waals surface area (Å²) < 4.78 is 14.1. The van der Waals surface area contributed by atoms with E-state index < -0.39 is 0 Å². The highest BCUT2D eigenvalue weighted by Gasteiger charge is 2.09. The van der Waals surface area contributed by atoms with Crippen LogP contribution in [0, 0.1) is 5.82 Å². The van der Waals surface area contributed by atoms with Gasteiger partial charge >= 0.3 is 0 Å². The van der Waals surface area contributed by atoms with Crippen LogP contribution in [0.2, 0.25) is 0 Å². The van der Waals surface area contributed by atoms with Crippen molar-refractivity contribution in [2.24, 2.45) is 0 Å². The van der Waals surface area contributed by atoms with Crippen molar-refractivity contribution in [3.8, 4) is 11.1 Å². The first-order valence-corrected chi connectivity index (χ1v) is 5.87. The van der Waals surface area contributed by atoms with Crippen molar-refractivity contribution in [3.63, 3.8) is 0 Å². The number of rotatable bonds is 2. The number of thiophene rings is 1. The van der Waals surface area contributed by atoms with Gasteiger partial charge in [-0.15, -0.1) is 11.3 Å². The van der Waals surface area contributed by atoms with Crippen molar-refractivity contribution < 1.29 is 9.18 Å². The molecule has 15 heavy (non-hydrogen) atoms. The number of hydrogen-bond acceptors (Lipinski definition) is 2. The fourth-order valence-corrected chi connectivity index (χ4v) is 2.36. The Bertz CT molecular complexity index is 507. The molecule has 1 nitrogen and oxygen atoms in total. The largest absolute Gasteiger partial charge is 0.297 e. The molecule has 0 radical (unpaired) electrons. The van der Waals surface area contributed by atoms with Gasteiger partial charge < -0.3 is 0 Å². The first-order chi connectivity index (χ1) is 7.22. The summed E-state index contributed by atoms with van der Waals surface area (Å²) in [5.41, 5.74) is 1.25. The maximum absolute atomic E-state index is 13.7. The molecule has 1 aromatic heterocycles. The molecule has 0 atom stereocenters. The summed E-state index contributed by atoms with van der Waals surface area (Å²) in [6, 6.07) is 6.78. The smallest absolute Gasteiger partial charge is 0.160 e. The van der Waals surface area contributed by atoms with E-state index in [0.29, 0.717) is 14.9 Å². The summed E-state index contributed by atoms with van der Waals surface area (Å²) in [5, 5.41) is 1.77. The lowest BCUT2D eigenvalue weighted by molar-refractivity contribution is 0.112. The number of benzene rings is 1. The molecule has 0 fully saturated rings. The van der Waals surface area contributed by atoms with Gasteiger partial charge in [0.15, 0.2) is 6.29 Å². The monoisotopic (exact) mass is 284 g/mol. The van der Waals surface area contributed by atoms with Crippen molar-refractivity contribution in [1.29, 1.82) is 0 Å². The summed E-state index contributed by atoms with van der Waals surface area (Å²) >= 11 is 4.43. The average Bonchev–Trinajstić information content (AvgIpc) is 2.70. The third kappa shape index (κ3) is 2.01. The molecule has 2 aromatic rings. The number of aldehydes is 1. The van der Waals surface area contributed by atoms with Gasteiger partial charge in [-0.1, -0.05) is 12.1 Å². The Morgan fingerprint density at radius 1 is 1.40 bits per heavy atom. The van der Waals surface area contributed by atoms with Crippen LogP contribution in [-0.4, -0.2) is 6.29 Å². The second kappa shape index (κ2) is 4.24. The molecule has 0 aliphatic carbocycles. The minimum absolute atomic E-state index is 0.298. The van der Waals surface area contributed by atoms with Gasteiger partial charge in [-0.2, -0.15) is 0 Å². The Balaban J connectivity index is 2.53. The molecule has 76 valence electrons. The van der Waals surface area contributed by atoms with Crippen molar-refractivity contribution in [3.05, 3.63) is 44.8 Å². The summed E-state index contributed by atoms with van der Waals surface area (Å²) in [4.78, 5) is 11.1. The third-order valence-corrected chi connectivity index (χ3v) is 3.47. The van der Waals surface area contributed by atoms with Crippen LogP contribution in [0.15, 0.2) is 34.1 Å². The highest BCUT2D eigenvalue weighted by molar-refractivity contribution is 9.10. The summed E-state index contributed by atoms with van der Waals surface area (Å²) in [6.45, 7) is 0. The van der Waals surface area contributed by atoms with Crippen molar-refractivity contribution in [2.75, 3.05) is 0 Å². The van der Waals surface area contributed by atoms with Crippen LogP contribution >= 0.6 is 27.3 Å². The van der Waals surface area contributed by atoms with Crippen LogP contribution in [0.5, 0.6) is 0 Å². The number of carbonyl (C=O) groups excluding carboxylic acids is 1. The first-order valence-electron chi connectivity index (χ1n) is 4.20. The van der Waals surface area contributed by atoms with Gasteiger partial charge in [0.05, 0.1) is 9.35 Å². The van der Waals surface area contributed by atoms with Gasteiger partial charge in [-0.3, -0.25) is 4.79 Å². The molecule has 0 aliphatic rings. The van der Waals surface area contributed by atoms with E-state index in [1.54, 1.807) is 29.6 Å². The van der Waals surface area contributed by atoms with Crippen LogP contribution < -0.4 is 0 Å². The van der Waals surface area contributed by atoms with Gasteiger partial charge in [0.2, 0.25) is 0 Å². The Kier molecular flexibility index (Phi) is 2.98. The maximum atomic E-state index is 13.7. The number of halogens is 2. The van der Waals surface area contributed by atoms with E-state index in [4.69, 9.17) is 0 Å². The van der Waals surface area contributed by atoms with Gasteiger partial charge in [-0.05, 0) is 39.0 Å². The normalized spacial score (nSPS) is 10.3. The van der Waals surface area contributed by atoms with E-state index in [1.165, 1.54) is 11.3 Å². The Hall–Kier alpha value is -1.00. The molecule has 4 heteroatoms. The van der Waals surface area contributed by atoms with E-state index in [2.05, 4.69) is 15.9 Å². The minimum Gasteiger partial charge on any atom is -0.297 e. The van der Waals surface area contributed by atoms with Crippen LogP contribution in [-0.2, 0) is 0 Å².